The van der Waals surface area contributed by atoms with Gasteiger partial charge in [-0.2, -0.15) is 0 Å². The van der Waals surface area contributed by atoms with Gasteiger partial charge in [-0.15, -0.1) is 0 Å². The van der Waals surface area contributed by atoms with Gasteiger partial charge in [0.25, 0.3) is 5.91 Å². The largest absolute Gasteiger partial charge is 0.481 e. The minimum atomic E-state index is -0.486. The summed E-state index contributed by atoms with van der Waals surface area (Å²) in [7, 11) is 0. The SMILES string of the molecule is CCc1ccc(O[C@@H](CC)C(=O)NCc2ccc(N3CCOCC3)cc2)cc1. The van der Waals surface area contributed by atoms with Crippen LogP contribution in [0.1, 0.15) is 31.4 Å². The summed E-state index contributed by atoms with van der Waals surface area (Å²) in [6.45, 7) is 7.97. The second-order valence-corrected chi connectivity index (χ2v) is 7.00. The number of benzene rings is 2. The van der Waals surface area contributed by atoms with Crippen LogP contribution in [0.15, 0.2) is 48.5 Å². The fourth-order valence-electron chi connectivity index (χ4n) is 3.24. The molecule has 0 saturated carbocycles. The van der Waals surface area contributed by atoms with Crippen molar-refractivity contribution in [3.8, 4) is 5.75 Å². The molecule has 0 aromatic heterocycles. The topological polar surface area (TPSA) is 50.8 Å². The maximum atomic E-state index is 12.5. The Hall–Kier alpha value is -2.53. The van der Waals surface area contributed by atoms with E-state index in [1.165, 1.54) is 11.3 Å². The fraction of sp³-hybridized carbons (Fsp3) is 0.435. The summed E-state index contributed by atoms with van der Waals surface area (Å²) in [4.78, 5) is 14.8. The minimum Gasteiger partial charge on any atom is -0.481 e. The van der Waals surface area contributed by atoms with Gasteiger partial charge in [-0.3, -0.25) is 4.79 Å². The average Bonchev–Trinajstić information content (AvgIpc) is 2.77. The van der Waals surface area contributed by atoms with Crippen LogP contribution >= 0.6 is 0 Å². The molecular weight excluding hydrogens is 352 g/mol. The number of nitrogens with zero attached hydrogens (tertiary/aromatic N) is 1. The molecule has 28 heavy (non-hydrogen) atoms. The summed E-state index contributed by atoms with van der Waals surface area (Å²) in [6.07, 6.45) is 1.12. The number of nitrogens with one attached hydrogen (secondary N) is 1. The summed E-state index contributed by atoms with van der Waals surface area (Å²) < 4.78 is 11.3. The molecule has 1 heterocycles. The standard InChI is InChI=1S/C23H30N2O3/c1-3-18-7-11-21(12-8-18)28-22(4-2)23(26)24-17-19-5-9-20(10-6-19)25-13-15-27-16-14-25/h5-12,22H,3-4,13-17H2,1-2H3,(H,24,26)/t22-/m0/s1. The van der Waals surface area contributed by atoms with E-state index < -0.39 is 6.10 Å². The number of aryl methyl sites for hydroxylation is 1. The third-order valence-corrected chi connectivity index (χ3v) is 5.05. The van der Waals surface area contributed by atoms with E-state index in [1.54, 1.807) is 0 Å². The molecule has 1 aliphatic heterocycles. The molecule has 1 N–H and O–H groups in total. The Labute approximate surface area is 167 Å². The predicted octanol–water partition coefficient (Wildman–Crippen LogP) is 3.56. The molecule has 1 aliphatic rings. The molecule has 2 aromatic carbocycles. The molecule has 1 atom stereocenters. The lowest BCUT2D eigenvalue weighted by Crippen LogP contribution is -2.37. The van der Waals surface area contributed by atoms with Gasteiger partial charge >= 0.3 is 0 Å². The van der Waals surface area contributed by atoms with Crippen LogP contribution in [-0.2, 0) is 22.5 Å². The molecule has 1 amide bonds. The number of morpholine rings is 1. The van der Waals surface area contributed by atoms with Crippen LogP contribution in [0.2, 0.25) is 0 Å². The first kappa shape index (κ1) is 20.2. The van der Waals surface area contributed by atoms with Crippen molar-refractivity contribution < 1.29 is 14.3 Å². The minimum absolute atomic E-state index is 0.0840. The monoisotopic (exact) mass is 382 g/mol. The van der Waals surface area contributed by atoms with Crippen molar-refractivity contribution >= 4 is 11.6 Å². The summed E-state index contributed by atoms with van der Waals surface area (Å²) in [5.41, 5.74) is 3.53. The van der Waals surface area contributed by atoms with Gasteiger partial charge < -0.3 is 19.7 Å². The normalized spacial score (nSPS) is 15.1. The molecule has 0 bridgehead atoms. The highest BCUT2D eigenvalue weighted by atomic mass is 16.5. The number of rotatable bonds is 8. The van der Waals surface area contributed by atoms with Crippen molar-refractivity contribution in [2.24, 2.45) is 0 Å². The van der Waals surface area contributed by atoms with E-state index in [-0.39, 0.29) is 5.91 Å². The first-order valence-corrected chi connectivity index (χ1v) is 10.1. The Morgan fingerprint density at radius 2 is 1.68 bits per heavy atom. The van der Waals surface area contributed by atoms with E-state index in [4.69, 9.17) is 9.47 Å². The average molecular weight is 383 g/mol. The zero-order chi connectivity index (χ0) is 19.8. The molecule has 0 unspecified atom stereocenters. The summed E-state index contributed by atoms with van der Waals surface area (Å²) >= 11 is 0. The number of anilines is 1. The van der Waals surface area contributed by atoms with Crippen LogP contribution in [0.3, 0.4) is 0 Å². The van der Waals surface area contributed by atoms with Gasteiger partial charge in [0.2, 0.25) is 0 Å². The molecule has 3 rings (SSSR count). The van der Waals surface area contributed by atoms with Crippen LogP contribution in [0.4, 0.5) is 5.69 Å². The molecule has 0 aliphatic carbocycles. The zero-order valence-corrected chi connectivity index (χ0v) is 16.8. The smallest absolute Gasteiger partial charge is 0.261 e. The quantitative estimate of drug-likeness (QED) is 0.758. The number of ether oxygens (including phenoxy) is 2. The predicted molar refractivity (Wildman–Crippen MR) is 112 cm³/mol. The van der Waals surface area contributed by atoms with Crippen molar-refractivity contribution in [3.63, 3.8) is 0 Å². The van der Waals surface area contributed by atoms with Crippen LogP contribution in [0.5, 0.6) is 5.75 Å². The van der Waals surface area contributed by atoms with Crippen molar-refractivity contribution in [1.82, 2.24) is 5.32 Å². The lowest BCUT2D eigenvalue weighted by molar-refractivity contribution is -0.128. The summed E-state index contributed by atoms with van der Waals surface area (Å²) in [5.74, 6) is 0.647. The van der Waals surface area contributed by atoms with Gasteiger partial charge in [0.15, 0.2) is 6.10 Å². The fourth-order valence-corrected chi connectivity index (χ4v) is 3.24. The van der Waals surface area contributed by atoms with E-state index in [2.05, 4.69) is 41.4 Å². The van der Waals surface area contributed by atoms with Crippen LogP contribution < -0.4 is 15.0 Å². The number of carbonyl (C=O) groups excluding carboxylic acids is 1. The molecule has 150 valence electrons. The maximum absolute atomic E-state index is 12.5. The maximum Gasteiger partial charge on any atom is 0.261 e. The Morgan fingerprint density at radius 3 is 2.29 bits per heavy atom. The molecule has 5 nitrogen and oxygen atoms in total. The van der Waals surface area contributed by atoms with Crippen LogP contribution in [0, 0.1) is 0 Å². The Kier molecular flexibility index (Phi) is 7.31. The molecule has 1 saturated heterocycles. The van der Waals surface area contributed by atoms with Crippen LogP contribution in [-0.4, -0.2) is 38.3 Å². The van der Waals surface area contributed by atoms with Gasteiger partial charge in [-0.05, 0) is 48.2 Å². The molecule has 1 fully saturated rings. The van der Waals surface area contributed by atoms with Crippen molar-refractivity contribution in [3.05, 3.63) is 59.7 Å². The number of carbonyl (C=O) groups is 1. The van der Waals surface area contributed by atoms with Crippen molar-refractivity contribution in [2.45, 2.75) is 39.3 Å². The second-order valence-electron chi connectivity index (χ2n) is 7.00. The molecule has 0 radical (unpaired) electrons. The first-order valence-electron chi connectivity index (χ1n) is 10.1. The third-order valence-electron chi connectivity index (χ3n) is 5.05. The highest BCUT2D eigenvalue weighted by molar-refractivity contribution is 5.81. The lowest BCUT2D eigenvalue weighted by Gasteiger charge is -2.29. The van der Waals surface area contributed by atoms with Gasteiger partial charge in [0.1, 0.15) is 5.75 Å². The molecular formula is C23H30N2O3. The van der Waals surface area contributed by atoms with E-state index in [9.17, 15) is 4.79 Å². The Morgan fingerprint density at radius 1 is 1.04 bits per heavy atom. The van der Waals surface area contributed by atoms with Gasteiger partial charge in [-0.25, -0.2) is 0 Å². The highest BCUT2D eigenvalue weighted by Crippen LogP contribution is 2.17. The first-order chi connectivity index (χ1) is 13.7. The van der Waals surface area contributed by atoms with Crippen molar-refractivity contribution in [2.75, 3.05) is 31.2 Å². The van der Waals surface area contributed by atoms with E-state index in [1.807, 2.05) is 31.2 Å². The highest BCUT2D eigenvalue weighted by Gasteiger charge is 2.18. The zero-order valence-electron chi connectivity index (χ0n) is 16.8. The van der Waals surface area contributed by atoms with E-state index >= 15 is 0 Å². The van der Waals surface area contributed by atoms with Crippen LogP contribution in [0.25, 0.3) is 0 Å². The molecule has 5 heteroatoms. The van der Waals surface area contributed by atoms with Gasteiger partial charge in [0.05, 0.1) is 13.2 Å². The van der Waals surface area contributed by atoms with E-state index in [0.717, 1.165) is 44.0 Å². The van der Waals surface area contributed by atoms with Crippen molar-refractivity contribution in [1.29, 1.82) is 0 Å². The Bertz CT molecular complexity index is 737. The third kappa shape index (κ3) is 5.49. The van der Waals surface area contributed by atoms with Gasteiger partial charge in [0, 0.05) is 25.3 Å². The summed E-state index contributed by atoms with van der Waals surface area (Å²) in [5, 5.41) is 2.99. The second kappa shape index (κ2) is 10.1. The number of hydrogen-bond donors (Lipinski definition) is 1. The number of amides is 1. The molecule has 2 aromatic rings. The van der Waals surface area contributed by atoms with Gasteiger partial charge in [-0.1, -0.05) is 38.1 Å². The Balaban J connectivity index is 1.51. The van der Waals surface area contributed by atoms with E-state index in [0.29, 0.717) is 13.0 Å². The number of hydrogen-bond acceptors (Lipinski definition) is 4. The molecule has 0 spiro atoms. The summed E-state index contributed by atoms with van der Waals surface area (Å²) in [6, 6.07) is 16.3. The lowest BCUT2D eigenvalue weighted by atomic mass is 10.1.